The summed E-state index contributed by atoms with van der Waals surface area (Å²) in [5, 5.41) is 2.89. The van der Waals surface area contributed by atoms with Crippen LogP contribution in [0.3, 0.4) is 0 Å². The topological polar surface area (TPSA) is 68.0 Å². The molecule has 98 valence electrons. The highest BCUT2D eigenvalue weighted by Gasteiger charge is 2.07. The average molecular weight is 255 g/mol. The van der Waals surface area contributed by atoms with Crippen LogP contribution >= 0.6 is 0 Å². The summed E-state index contributed by atoms with van der Waals surface area (Å²) in [6.45, 7) is 4.38. The molecule has 2 aromatic rings. The molecular formula is C15H17N3O. The Morgan fingerprint density at radius 2 is 2.11 bits per heavy atom. The van der Waals surface area contributed by atoms with Gasteiger partial charge in [0.2, 0.25) is 0 Å². The molecule has 1 heterocycles. The Labute approximate surface area is 112 Å². The van der Waals surface area contributed by atoms with Crippen molar-refractivity contribution in [1.82, 2.24) is 10.3 Å². The molecule has 1 aromatic carbocycles. The third-order valence-electron chi connectivity index (χ3n) is 2.94. The Hall–Kier alpha value is -2.36. The van der Waals surface area contributed by atoms with E-state index in [4.69, 9.17) is 5.73 Å². The molecule has 0 spiro atoms. The van der Waals surface area contributed by atoms with Crippen LogP contribution in [0.5, 0.6) is 0 Å². The van der Waals surface area contributed by atoms with Crippen molar-refractivity contribution in [3.05, 3.63) is 58.9 Å². The number of carbonyl (C=O) groups is 1. The van der Waals surface area contributed by atoms with Gasteiger partial charge in [0.15, 0.2) is 0 Å². The van der Waals surface area contributed by atoms with Crippen LogP contribution in [0.15, 0.2) is 36.7 Å². The summed E-state index contributed by atoms with van der Waals surface area (Å²) in [5.41, 5.74) is 10.0. The molecule has 0 saturated heterocycles. The molecule has 3 N–H and O–H groups in total. The lowest BCUT2D eigenvalue weighted by Gasteiger charge is -2.08. The molecule has 0 saturated carbocycles. The van der Waals surface area contributed by atoms with Crippen molar-refractivity contribution in [1.29, 1.82) is 0 Å². The summed E-state index contributed by atoms with van der Waals surface area (Å²) in [7, 11) is 0. The van der Waals surface area contributed by atoms with Crippen molar-refractivity contribution < 1.29 is 4.79 Å². The van der Waals surface area contributed by atoms with Gasteiger partial charge in [-0.25, -0.2) is 0 Å². The first-order valence-electron chi connectivity index (χ1n) is 6.11. The lowest BCUT2D eigenvalue weighted by atomic mass is 10.1. The fraction of sp³-hybridized carbons (Fsp3) is 0.200. The largest absolute Gasteiger partial charge is 0.399 e. The van der Waals surface area contributed by atoms with Gasteiger partial charge in [-0.15, -0.1) is 0 Å². The van der Waals surface area contributed by atoms with Crippen molar-refractivity contribution in [3.63, 3.8) is 0 Å². The number of aromatic nitrogens is 1. The lowest BCUT2D eigenvalue weighted by Crippen LogP contribution is -2.23. The van der Waals surface area contributed by atoms with E-state index < -0.39 is 0 Å². The summed E-state index contributed by atoms with van der Waals surface area (Å²) < 4.78 is 0. The first-order valence-corrected chi connectivity index (χ1v) is 6.11. The molecular weight excluding hydrogens is 238 g/mol. The highest BCUT2D eigenvalue weighted by molar-refractivity contribution is 5.95. The van der Waals surface area contributed by atoms with Crippen LogP contribution < -0.4 is 11.1 Å². The Morgan fingerprint density at radius 1 is 1.32 bits per heavy atom. The molecule has 0 aliphatic rings. The van der Waals surface area contributed by atoms with Gasteiger partial charge in [0, 0.05) is 30.2 Å². The number of amides is 1. The van der Waals surface area contributed by atoms with E-state index in [1.165, 1.54) is 0 Å². The SMILES string of the molecule is Cc1cc(N)cc(C(=O)NCc2ccncc2C)c1. The van der Waals surface area contributed by atoms with Gasteiger partial charge in [0.1, 0.15) is 0 Å². The Balaban J connectivity index is 2.08. The zero-order valence-corrected chi connectivity index (χ0v) is 11.1. The van der Waals surface area contributed by atoms with Crippen LogP contribution in [0.4, 0.5) is 5.69 Å². The van der Waals surface area contributed by atoms with Gasteiger partial charge in [-0.05, 0) is 54.8 Å². The van der Waals surface area contributed by atoms with E-state index in [0.29, 0.717) is 17.8 Å². The number of hydrogen-bond acceptors (Lipinski definition) is 3. The second kappa shape index (κ2) is 5.52. The molecule has 1 aromatic heterocycles. The fourth-order valence-electron chi connectivity index (χ4n) is 1.92. The number of hydrogen-bond donors (Lipinski definition) is 2. The van der Waals surface area contributed by atoms with Crippen molar-refractivity contribution >= 4 is 11.6 Å². The van der Waals surface area contributed by atoms with E-state index in [-0.39, 0.29) is 5.91 Å². The van der Waals surface area contributed by atoms with E-state index in [1.54, 1.807) is 18.5 Å². The smallest absolute Gasteiger partial charge is 0.251 e. The van der Waals surface area contributed by atoms with Gasteiger partial charge in [-0.2, -0.15) is 0 Å². The minimum absolute atomic E-state index is 0.119. The minimum atomic E-state index is -0.119. The molecule has 4 nitrogen and oxygen atoms in total. The summed E-state index contributed by atoms with van der Waals surface area (Å²) in [6, 6.07) is 7.25. The molecule has 4 heteroatoms. The van der Waals surface area contributed by atoms with Crippen LogP contribution in [0.1, 0.15) is 27.0 Å². The Kier molecular flexibility index (Phi) is 3.80. The molecule has 0 unspecified atom stereocenters. The monoisotopic (exact) mass is 255 g/mol. The van der Waals surface area contributed by atoms with Gasteiger partial charge in [-0.1, -0.05) is 0 Å². The summed E-state index contributed by atoms with van der Waals surface area (Å²) in [5.74, 6) is -0.119. The average Bonchev–Trinajstić information content (AvgIpc) is 2.36. The second-order valence-corrected chi connectivity index (χ2v) is 4.62. The lowest BCUT2D eigenvalue weighted by molar-refractivity contribution is 0.0951. The van der Waals surface area contributed by atoms with Crippen LogP contribution in [0.2, 0.25) is 0 Å². The second-order valence-electron chi connectivity index (χ2n) is 4.62. The van der Waals surface area contributed by atoms with Gasteiger partial charge in [0.25, 0.3) is 5.91 Å². The Morgan fingerprint density at radius 3 is 2.79 bits per heavy atom. The maximum Gasteiger partial charge on any atom is 0.251 e. The molecule has 1 amide bonds. The zero-order valence-electron chi connectivity index (χ0n) is 11.1. The summed E-state index contributed by atoms with van der Waals surface area (Å²) in [4.78, 5) is 16.1. The van der Waals surface area contributed by atoms with Crippen LogP contribution in [0.25, 0.3) is 0 Å². The molecule has 0 atom stereocenters. The van der Waals surface area contributed by atoms with E-state index in [2.05, 4.69) is 10.3 Å². The molecule has 0 fully saturated rings. The maximum absolute atomic E-state index is 12.1. The third kappa shape index (κ3) is 3.31. The number of carbonyl (C=O) groups excluding carboxylic acids is 1. The maximum atomic E-state index is 12.1. The van der Waals surface area contributed by atoms with Crippen LogP contribution in [-0.2, 0) is 6.54 Å². The predicted molar refractivity (Wildman–Crippen MR) is 75.7 cm³/mol. The first kappa shape index (κ1) is 13.1. The van der Waals surface area contributed by atoms with Crippen LogP contribution in [0, 0.1) is 13.8 Å². The number of nitrogens with one attached hydrogen (secondary N) is 1. The van der Waals surface area contributed by atoms with Crippen molar-refractivity contribution in [2.45, 2.75) is 20.4 Å². The summed E-state index contributed by atoms with van der Waals surface area (Å²) >= 11 is 0. The van der Waals surface area contributed by atoms with Gasteiger partial charge >= 0.3 is 0 Å². The molecule has 0 aliphatic heterocycles. The number of nitrogen functional groups attached to an aromatic ring is 1. The van der Waals surface area contributed by atoms with Gasteiger partial charge in [-0.3, -0.25) is 9.78 Å². The number of aryl methyl sites for hydroxylation is 2. The first-order chi connectivity index (χ1) is 9.06. The molecule has 0 radical (unpaired) electrons. The highest BCUT2D eigenvalue weighted by Crippen LogP contribution is 2.11. The van der Waals surface area contributed by atoms with E-state index in [1.807, 2.05) is 32.0 Å². The quantitative estimate of drug-likeness (QED) is 0.826. The van der Waals surface area contributed by atoms with Gasteiger partial charge in [0.05, 0.1) is 0 Å². The number of pyridine rings is 1. The third-order valence-corrected chi connectivity index (χ3v) is 2.94. The highest BCUT2D eigenvalue weighted by atomic mass is 16.1. The number of benzene rings is 1. The van der Waals surface area contributed by atoms with Gasteiger partial charge < -0.3 is 11.1 Å². The van der Waals surface area contributed by atoms with E-state index in [0.717, 1.165) is 16.7 Å². The number of nitrogens with two attached hydrogens (primary N) is 1. The summed E-state index contributed by atoms with van der Waals surface area (Å²) in [6.07, 6.45) is 3.51. The Bertz CT molecular complexity index is 588. The molecule has 0 aliphatic carbocycles. The molecule has 2 rings (SSSR count). The van der Waals surface area contributed by atoms with E-state index >= 15 is 0 Å². The standard InChI is InChI=1S/C15H17N3O/c1-10-5-13(7-14(16)6-10)15(19)18-9-12-3-4-17-8-11(12)2/h3-8H,9,16H2,1-2H3,(H,18,19). The number of anilines is 1. The molecule has 19 heavy (non-hydrogen) atoms. The predicted octanol–water partition coefficient (Wildman–Crippen LogP) is 2.21. The fourth-order valence-corrected chi connectivity index (χ4v) is 1.92. The van der Waals surface area contributed by atoms with Crippen LogP contribution in [-0.4, -0.2) is 10.9 Å². The number of nitrogens with zero attached hydrogens (tertiary/aromatic N) is 1. The normalized spacial score (nSPS) is 10.2. The zero-order chi connectivity index (χ0) is 13.8. The van der Waals surface area contributed by atoms with E-state index in [9.17, 15) is 4.79 Å². The van der Waals surface area contributed by atoms with Crippen molar-refractivity contribution in [3.8, 4) is 0 Å². The van der Waals surface area contributed by atoms with Crippen molar-refractivity contribution in [2.75, 3.05) is 5.73 Å². The number of rotatable bonds is 3. The minimum Gasteiger partial charge on any atom is -0.399 e. The van der Waals surface area contributed by atoms with Crippen molar-refractivity contribution in [2.24, 2.45) is 0 Å². The molecule has 0 bridgehead atoms.